The summed E-state index contributed by atoms with van der Waals surface area (Å²) in [6.45, 7) is 1.13. The van der Waals surface area contributed by atoms with Crippen LogP contribution in [0.15, 0.2) is 0 Å². The molecule has 0 fully saturated rings. The maximum atomic E-state index is 13.4. The predicted molar refractivity (Wildman–Crippen MR) is 84.4 cm³/mol. The highest BCUT2D eigenvalue weighted by Gasteiger charge is 2.44. The van der Waals surface area contributed by atoms with Crippen LogP contribution < -0.4 is 0 Å². The van der Waals surface area contributed by atoms with E-state index >= 15 is 0 Å². The average molecular weight is 402 g/mol. The maximum Gasteiger partial charge on any atom is 0.434 e. The summed E-state index contributed by atoms with van der Waals surface area (Å²) < 4.78 is 75.9. The van der Waals surface area contributed by atoms with Crippen molar-refractivity contribution in [3.63, 3.8) is 0 Å². The first-order chi connectivity index (χ1) is 11.9. The van der Waals surface area contributed by atoms with Crippen LogP contribution in [-0.2, 0) is 32.3 Å². The lowest BCUT2D eigenvalue weighted by Gasteiger charge is -2.19. The molecule has 0 N–H and O–H groups in total. The van der Waals surface area contributed by atoms with Crippen molar-refractivity contribution in [2.24, 2.45) is 0 Å². The fraction of sp³-hybridized carbons (Fsp3) is 0.533. The number of halogens is 5. The van der Waals surface area contributed by atoms with Gasteiger partial charge in [0.2, 0.25) is 0 Å². The summed E-state index contributed by atoms with van der Waals surface area (Å²) in [5, 5.41) is 0. The highest BCUT2D eigenvalue weighted by atomic mass is 32.2. The Balaban J connectivity index is 4.03. The van der Waals surface area contributed by atoms with E-state index in [1.807, 2.05) is 0 Å². The van der Waals surface area contributed by atoms with Gasteiger partial charge in [0, 0.05) is 5.56 Å². The van der Waals surface area contributed by atoms with E-state index in [4.69, 9.17) is 0 Å². The Kier molecular flexibility index (Phi) is 7.36. The third-order valence-electron chi connectivity index (χ3n) is 3.11. The van der Waals surface area contributed by atoms with E-state index in [0.717, 1.165) is 7.11 Å². The fourth-order valence-electron chi connectivity index (χ4n) is 2.20. The Labute approximate surface area is 149 Å². The molecule has 0 saturated carbocycles. The molecular formula is C15H17F5NO4S+. The number of carbonyl (C=O) groups excluding carboxylic acids is 2. The zero-order valence-electron chi connectivity index (χ0n) is 14.4. The van der Waals surface area contributed by atoms with E-state index in [0.29, 0.717) is 0 Å². The zero-order chi connectivity index (χ0) is 20.2. The first-order valence-corrected chi connectivity index (χ1v) is 9.38. The second-order valence-electron chi connectivity index (χ2n) is 5.21. The molecule has 146 valence electrons. The molecule has 0 aliphatic carbocycles. The molecule has 11 heteroatoms. The van der Waals surface area contributed by atoms with Crippen LogP contribution in [0, 0.1) is 0 Å². The van der Waals surface area contributed by atoms with Crippen molar-refractivity contribution in [2.45, 2.75) is 25.3 Å². The van der Waals surface area contributed by atoms with Gasteiger partial charge in [-0.15, -0.1) is 0 Å². The molecule has 1 aromatic heterocycles. The Morgan fingerprint density at radius 2 is 1.73 bits per heavy atom. The topological polar surface area (TPSA) is 65.5 Å². The second kappa shape index (κ2) is 8.65. The summed E-state index contributed by atoms with van der Waals surface area (Å²) in [4.78, 5) is 27.1. The molecule has 0 amide bonds. The largest absolute Gasteiger partial charge is 0.465 e. The normalized spacial score (nSPS) is 11.8. The molecule has 0 atom stereocenters. The number of pyridine rings is 1. The van der Waals surface area contributed by atoms with Crippen molar-refractivity contribution < 1.29 is 41.0 Å². The summed E-state index contributed by atoms with van der Waals surface area (Å²) in [5.74, 6) is -2.92. The summed E-state index contributed by atoms with van der Waals surface area (Å²) in [5.41, 5.74) is -5.55. The van der Waals surface area contributed by atoms with Crippen molar-refractivity contribution in [1.82, 2.24) is 4.98 Å². The highest BCUT2D eigenvalue weighted by molar-refractivity contribution is 7.94. The van der Waals surface area contributed by atoms with Gasteiger partial charge in [-0.05, 0) is 17.8 Å². The van der Waals surface area contributed by atoms with Crippen molar-refractivity contribution in [3.05, 3.63) is 28.1 Å². The minimum atomic E-state index is -5.20. The Hall–Kier alpha value is -1.91. The molecular weight excluding hydrogens is 385 g/mol. The van der Waals surface area contributed by atoms with Crippen molar-refractivity contribution in [2.75, 3.05) is 26.2 Å². The maximum absolute atomic E-state index is 13.4. The Morgan fingerprint density at radius 3 is 2.12 bits per heavy atom. The lowest BCUT2D eigenvalue weighted by molar-refractivity contribution is -0.142. The number of aromatic nitrogens is 1. The van der Waals surface area contributed by atoms with Crippen molar-refractivity contribution in [3.8, 4) is 0 Å². The van der Waals surface area contributed by atoms with Crippen LogP contribution in [-0.4, -0.2) is 43.2 Å². The molecule has 5 nitrogen and oxygen atoms in total. The minimum absolute atomic E-state index is 0.232. The van der Waals surface area contributed by atoms with Crippen molar-refractivity contribution >= 4 is 22.8 Å². The van der Waals surface area contributed by atoms with Gasteiger partial charge < -0.3 is 9.47 Å². The summed E-state index contributed by atoms with van der Waals surface area (Å²) in [6, 6.07) is 0. The Bertz CT molecular complexity index is 692. The van der Waals surface area contributed by atoms with E-state index < -0.39 is 63.5 Å². The smallest absolute Gasteiger partial charge is 0.434 e. The van der Waals surface area contributed by atoms with E-state index in [1.54, 1.807) is 12.5 Å². The molecule has 0 spiro atoms. The van der Waals surface area contributed by atoms with Crippen LogP contribution >= 0.6 is 0 Å². The molecule has 0 saturated heterocycles. The van der Waals surface area contributed by atoms with E-state index in [1.165, 1.54) is 6.92 Å². The van der Waals surface area contributed by atoms with Gasteiger partial charge in [0.15, 0.2) is 5.69 Å². The number of nitrogens with zero attached hydrogens (tertiary/aromatic N) is 1. The number of esters is 2. The highest BCUT2D eigenvalue weighted by Crippen LogP contribution is 2.37. The molecule has 0 unspecified atom stereocenters. The van der Waals surface area contributed by atoms with Crippen LogP contribution in [0.25, 0.3) is 0 Å². The molecule has 1 rings (SSSR count). The van der Waals surface area contributed by atoms with E-state index in [-0.39, 0.29) is 12.4 Å². The summed E-state index contributed by atoms with van der Waals surface area (Å²) >= 11 is 0. The molecule has 0 bridgehead atoms. The van der Waals surface area contributed by atoms with Gasteiger partial charge in [-0.3, -0.25) is 0 Å². The van der Waals surface area contributed by atoms with Crippen LogP contribution in [0.3, 0.4) is 0 Å². The fourth-order valence-corrected chi connectivity index (χ4v) is 3.07. The number of hydrogen-bond donors (Lipinski definition) is 0. The molecule has 0 aromatic carbocycles. The quantitative estimate of drug-likeness (QED) is 0.415. The van der Waals surface area contributed by atoms with Crippen LogP contribution in [0.5, 0.6) is 0 Å². The molecule has 0 aliphatic rings. The monoisotopic (exact) mass is 402 g/mol. The molecule has 1 aromatic rings. The summed E-state index contributed by atoms with van der Waals surface area (Å²) in [6.07, 6.45) is -5.44. The molecule has 26 heavy (non-hydrogen) atoms. The number of hydrogen-bond acceptors (Lipinski definition) is 5. The number of methoxy groups -OCH3 is 1. The van der Waals surface area contributed by atoms with Gasteiger partial charge >= 0.3 is 18.1 Å². The predicted octanol–water partition coefficient (Wildman–Crippen LogP) is 3.38. The third-order valence-corrected chi connectivity index (χ3v) is 3.97. The van der Waals surface area contributed by atoms with Crippen LogP contribution in [0.4, 0.5) is 22.0 Å². The Morgan fingerprint density at radius 1 is 1.15 bits per heavy atom. The van der Waals surface area contributed by atoms with Gasteiger partial charge in [-0.1, -0.05) is 0 Å². The lowest BCUT2D eigenvalue weighted by Crippen LogP contribution is -2.26. The second-order valence-corrected chi connectivity index (χ2v) is 7.47. The van der Waals surface area contributed by atoms with Gasteiger partial charge in [-0.25, -0.2) is 23.4 Å². The van der Waals surface area contributed by atoms with Gasteiger partial charge in [0.25, 0.3) is 6.43 Å². The first kappa shape index (κ1) is 22.1. The van der Waals surface area contributed by atoms with E-state index in [2.05, 4.69) is 14.5 Å². The van der Waals surface area contributed by atoms with Gasteiger partial charge in [0.1, 0.15) is 11.4 Å². The number of ether oxygens (including phenoxy) is 2. The van der Waals surface area contributed by atoms with Gasteiger partial charge in [0.05, 0.1) is 37.4 Å². The van der Waals surface area contributed by atoms with Crippen LogP contribution in [0.1, 0.15) is 51.0 Å². The molecule has 1 heterocycles. The lowest BCUT2D eigenvalue weighted by atomic mass is 9.98. The summed E-state index contributed by atoms with van der Waals surface area (Å²) in [7, 11) is 0.251. The molecule has 0 radical (unpaired) electrons. The zero-order valence-corrected chi connectivity index (χ0v) is 15.2. The van der Waals surface area contributed by atoms with Crippen LogP contribution in [0.2, 0.25) is 0 Å². The van der Waals surface area contributed by atoms with Crippen molar-refractivity contribution in [1.29, 1.82) is 0 Å². The molecule has 0 aliphatic heterocycles. The SMILES string of the molecule is CCOC(=O)c1c(C(F)(F)F)nc(C(F)F)c(C(=O)OC)c1C[S+](C)C. The van der Waals surface area contributed by atoms with Gasteiger partial charge in [-0.2, -0.15) is 13.2 Å². The number of alkyl halides is 5. The average Bonchev–Trinajstić information content (AvgIpc) is 2.51. The number of rotatable bonds is 6. The minimum Gasteiger partial charge on any atom is -0.465 e. The first-order valence-electron chi connectivity index (χ1n) is 7.17. The standard InChI is InChI=1S/C15H17F5NO4S/c1-5-25-14(23)9-7(6-26(3)4)8(13(22)24-2)10(12(16)17)21-11(9)15(18,19)20/h12H,5-6H2,1-4H3/q+1. The number of carbonyl (C=O) groups is 2. The third kappa shape index (κ3) is 4.83. The van der Waals surface area contributed by atoms with E-state index in [9.17, 15) is 31.5 Å².